The number of nitrogens with one attached hydrogen (secondary N) is 3. The highest BCUT2D eigenvalue weighted by atomic mass is 32.2. The fourth-order valence-electron chi connectivity index (χ4n) is 2.87. The Morgan fingerprint density at radius 2 is 1.73 bits per heavy atom. The van der Waals surface area contributed by atoms with Crippen LogP contribution in [0.2, 0.25) is 0 Å². The van der Waals surface area contributed by atoms with E-state index in [1.54, 1.807) is 44.2 Å². The summed E-state index contributed by atoms with van der Waals surface area (Å²) in [4.78, 5) is 24.3. The van der Waals surface area contributed by atoms with Crippen LogP contribution in [0.15, 0.2) is 70.0 Å². The lowest BCUT2D eigenvalue weighted by Gasteiger charge is -2.10. The molecule has 33 heavy (non-hydrogen) atoms. The van der Waals surface area contributed by atoms with Gasteiger partial charge in [-0.2, -0.15) is 0 Å². The maximum atomic E-state index is 12.4. The molecule has 1 aromatic heterocycles. The Labute approximate surface area is 192 Å². The molecule has 2 amide bonds. The predicted octanol–water partition coefficient (Wildman–Crippen LogP) is 2.61. The van der Waals surface area contributed by atoms with Gasteiger partial charge in [-0.3, -0.25) is 20.4 Å². The monoisotopic (exact) mass is 471 g/mol. The highest BCUT2D eigenvalue weighted by Crippen LogP contribution is 2.16. The zero-order valence-electron chi connectivity index (χ0n) is 18.3. The van der Waals surface area contributed by atoms with Crippen LogP contribution in [-0.2, 0) is 21.4 Å². The van der Waals surface area contributed by atoms with Gasteiger partial charge < -0.3 is 9.15 Å². The Balaban J connectivity index is 1.42. The first-order chi connectivity index (χ1) is 15.7. The molecule has 0 saturated carbocycles. The molecular formula is C23H25N3O6S. The molecule has 1 heterocycles. The minimum atomic E-state index is -3.75. The molecule has 0 fully saturated rings. The molecule has 3 rings (SSSR count). The van der Waals surface area contributed by atoms with Gasteiger partial charge in [0.2, 0.25) is 15.9 Å². The average molecular weight is 472 g/mol. The number of para-hydroxylation sites is 1. The van der Waals surface area contributed by atoms with Gasteiger partial charge >= 0.3 is 5.91 Å². The zero-order chi connectivity index (χ0) is 23.8. The molecule has 0 atom stereocenters. The fourth-order valence-corrected chi connectivity index (χ4v) is 4.23. The lowest BCUT2D eigenvalue weighted by atomic mass is 10.2. The SMILES string of the molecule is Cc1ccc(C)c(S(=O)(=O)NCCC(=O)NNC(=O)c2ccc(COc3ccccc3)o2)c1. The lowest BCUT2D eigenvalue weighted by Crippen LogP contribution is -2.42. The van der Waals surface area contributed by atoms with Crippen molar-refractivity contribution >= 4 is 21.8 Å². The third-order valence-electron chi connectivity index (χ3n) is 4.60. The summed E-state index contributed by atoms with van der Waals surface area (Å²) in [6.45, 7) is 3.51. The topological polar surface area (TPSA) is 127 Å². The molecule has 9 nitrogen and oxygen atoms in total. The predicted molar refractivity (Wildman–Crippen MR) is 121 cm³/mol. The summed E-state index contributed by atoms with van der Waals surface area (Å²) in [5.41, 5.74) is 5.88. The molecule has 0 unspecified atom stereocenters. The van der Waals surface area contributed by atoms with Gasteiger partial charge in [-0.1, -0.05) is 30.3 Å². The number of amides is 2. The van der Waals surface area contributed by atoms with Crippen molar-refractivity contribution in [2.75, 3.05) is 6.54 Å². The third kappa shape index (κ3) is 6.93. The number of rotatable bonds is 9. The molecule has 174 valence electrons. The highest BCUT2D eigenvalue weighted by molar-refractivity contribution is 7.89. The van der Waals surface area contributed by atoms with E-state index < -0.39 is 21.8 Å². The van der Waals surface area contributed by atoms with Crippen LogP contribution in [0.3, 0.4) is 0 Å². The molecule has 2 aromatic carbocycles. The van der Waals surface area contributed by atoms with Crippen molar-refractivity contribution in [2.45, 2.75) is 31.8 Å². The van der Waals surface area contributed by atoms with Crippen molar-refractivity contribution < 1.29 is 27.2 Å². The molecular weight excluding hydrogens is 446 g/mol. The summed E-state index contributed by atoms with van der Waals surface area (Å²) >= 11 is 0. The Bertz CT molecular complexity index is 1220. The lowest BCUT2D eigenvalue weighted by molar-refractivity contribution is -0.121. The Kier molecular flexibility index (Phi) is 7.86. The molecule has 0 saturated heterocycles. The minimum absolute atomic E-state index is 0.00223. The van der Waals surface area contributed by atoms with Gasteiger partial charge in [-0.25, -0.2) is 13.1 Å². The fraction of sp³-hybridized carbons (Fsp3) is 0.217. The van der Waals surface area contributed by atoms with Crippen LogP contribution < -0.4 is 20.3 Å². The van der Waals surface area contributed by atoms with Gasteiger partial charge in [0.05, 0.1) is 4.90 Å². The molecule has 3 N–H and O–H groups in total. The Morgan fingerprint density at radius 1 is 0.970 bits per heavy atom. The number of carbonyl (C=O) groups is 2. The van der Waals surface area contributed by atoms with E-state index >= 15 is 0 Å². The molecule has 0 radical (unpaired) electrons. The van der Waals surface area contributed by atoms with Gasteiger partial charge in [0, 0.05) is 13.0 Å². The van der Waals surface area contributed by atoms with Gasteiger partial charge in [0.1, 0.15) is 18.1 Å². The second kappa shape index (κ2) is 10.8. The van der Waals surface area contributed by atoms with Crippen LogP contribution in [0.4, 0.5) is 0 Å². The molecule has 0 bridgehead atoms. The molecule has 3 aromatic rings. The second-order valence-electron chi connectivity index (χ2n) is 7.29. The number of hydrogen-bond donors (Lipinski definition) is 3. The van der Waals surface area contributed by atoms with Gasteiger partial charge in [-0.15, -0.1) is 0 Å². The van der Waals surface area contributed by atoms with Crippen LogP contribution in [0.25, 0.3) is 0 Å². The van der Waals surface area contributed by atoms with E-state index in [1.807, 2.05) is 24.3 Å². The van der Waals surface area contributed by atoms with Crippen molar-refractivity contribution in [3.63, 3.8) is 0 Å². The van der Waals surface area contributed by atoms with Crippen LogP contribution in [-0.4, -0.2) is 26.8 Å². The van der Waals surface area contributed by atoms with Crippen LogP contribution >= 0.6 is 0 Å². The summed E-state index contributed by atoms with van der Waals surface area (Å²) in [6, 6.07) is 17.3. The summed E-state index contributed by atoms with van der Waals surface area (Å²) in [7, 11) is -3.75. The van der Waals surface area contributed by atoms with E-state index in [0.717, 1.165) is 5.56 Å². The number of hydrogen-bond acceptors (Lipinski definition) is 6. The molecule has 0 aliphatic heterocycles. The van der Waals surface area contributed by atoms with E-state index in [4.69, 9.17) is 9.15 Å². The van der Waals surface area contributed by atoms with E-state index in [0.29, 0.717) is 17.1 Å². The Hall–Kier alpha value is -3.63. The van der Waals surface area contributed by atoms with E-state index in [-0.39, 0.29) is 30.2 Å². The van der Waals surface area contributed by atoms with E-state index in [2.05, 4.69) is 15.6 Å². The molecule has 0 spiro atoms. The van der Waals surface area contributed by atoms with Crippen LogP contribution in [0, 0.1) is 13.8 Å². The molecule has 0 aliphatic rings. The number of benzene rings is 2. The summed E-state index contributed by atoms with van der Waals surface area (Å²) in [5, 5.41) is 0. The Morgan fingerprint density at radius 3 is 2.48 bits per heavy atom. The van der Waals surface area contributed by atoms with Crippen molar-refractivity contribution in [3.05, 3.63) is 83.3 Å². The second-order valence-corrected chi connectivity index (χ2v) is 9.02. The van der Waals surface area contributed by atoms with Crippen molar-refractivity contribution in [3.8, 4) is 5.75 Å². The van der Waals surface area contributed by atoms with Crippen molar-refractivity contribution in [1.82, 2.24) is 15.6 Å². The maximum Gasteiger partial charge on any atom is 0.305 e. The summed E-state index contributed by atoms with van der Waals surface area (Å²) in [6.07, 6.45) is -0.168. The number of ether oxygens (including phenoxy) is 1. The van der Waals surface area contributed by atoms with E-state index in [9.17, 15) is 18.0 Å². The quantitative estimate of drug-likeness (QED) is 0.412. The first kappa shape index (κ1) is 24.0. The highest BCUT2D eigenvalue weighted by Gasteiger charge is 2.17. The van der Waals surface area contributed by atoms with Crippen molar-refractivity contribution in [1.29, 1.82) is 0 Å². The number of aryl methyl sites for hydroxylation is 2. The van der Waals surface area contributed by atoms with Crippen molar-refractivity contribution in [2.24, 2.45) is 0 Å². The number of hydrazine groups is 1. The smallest absolute Gasteiger partial charge is 0.305 e. The first-order valence-electron chi connectivity index (χ1n) is 10.2. The zero-order valence-corrected chi connectivity index (χ0v) is 19.1. The van der Waals surface area contributed by atoms with Gasteiger partial charge in [0.15, 0.2) is 5.76 Å². The minimum Gasteiger partial charge on any atom is -0.486 e. The standard InChI is InChI=1S/C23H25N3O6S/c1-16-8-9-17(2)21(14-16)33(29,30)24-13-12-22(27)25-26-23(28)20-11-10-19(32-20)15-31-18-6-4-3-5-7-18/h3-11,14,24H,12-13,15H2,1-2H3,(H,25,27)(H,26,28). The van der Waals surface area contributed by atoms with Gasteiger partial charge in [-0.05, 0) is 55.3 Å². The number of carbonyl (C=O) groups excluding carboxylic acids is 2. The number of furan rings is 1. The van der Waals surface area contributed by atoms with Crippen LogP contribution in [0.5, 0.6) is 5.75 Å². The third-order valence-corrected chi connectivity index (χ3v) is 6.21. The van der Waals surface area contributed by atoms with Crippen LogP contribution in [0.1, 0.15) is 33.9 Å². The van der Waals surface area contributed by atoms with E-state index in [1.165, 1.54) is 6.07 Å². The van der Waals surface area contributed by atoms with Gasteiger partial charge in [0.25, 0.3) is 0 Å². The normalized spacial score (nSPS) is 11.1. The average Bonchev–Trinajstić information content (AvgIpc) is 3.27. The summed E-state index contributed by atoms with van der Waals surface area (Å²) < 4.78 is 38.3. The molecule has 10 heteroatoms. The number of sulfonamides is 1. The largest absolute Gasteiger partial charge is 0.486 e. The maximum absolute atomic E-state index is 12.4. The summed E-state index contributed by atoms with van der Waals surface area (Å²) in [5.74, 6) is -0.106. The first-order valence-corrected chi connectivity index (χ1v) is 11.7. The molecule has 0 aliphatic carbocycles.